The average molecular weight is 476 g/mol. The Morgan fingerprint density at radius 3 is 2.23 bits per heavy atom. The quantitative estimate of drug-likeness (QED) is 0.216. The van der Waals surface area contributed by atoms with Gasteiger partial charge in [-0.2, -0.15) is 0 Å². The Bertz CT molecular complexity index is 344. The van der Waals surface area contributed by atoms with Gasteiger partial charge in [0.05, 0.1) is 19.1 Å². The van der Waals surface area contributed by atoms with Crippen molar-refractivity contribution in [1.82, 2.24) is 0 Å². The lowest BCUT2D eigenvalue weighted by molar-refractivity contribution is 0.0391. The van der Waals surface area contributed by atoms with Crippen LogP contribution in [0.4, 0.5) is 0 Å². The molecule has 0 aliphatic rings. The molecule has 0 heterocycles. The summed E-state index contributed by atoms with van der Waals surface area (Å²) in [7, 11) is 1.00. The molecule has 0 fully saturated rings. The molecule has 22 heavy (non-hydrogen) atoms. The molecule has 0 rings (SSSR count). The number of rotatable bonds is 9. The minimum absolute atomic E-state index is 0.0707. The molecule has 0 amide bonds. The molecule has 0 aromatic heterocycles. The van der Waals surface area contributed by atoms with E-state index in [-0.39, 0.29) is 18.8 Å². The van der Waals surface area contributed by atoms with Crippen molar-refractivity contribution in [3.8, 4) is 0 Å². The second kappa shape index (κ2) is 10.5. The fourth-order valence-corrected chi connectivity index (χ4v) is 4.81. The normalized spacial score (nSPS) is 19.2. The van der Waals surface area contributed by atoms with Gasteiger partial charge in [0.15, 0.2) is 8.32 Å². The topological polar surface area (TPSA) is 18.5 Å². The van der Waals surface area contributed by atoms with E-state index in [1.165, 1.54) is 0 Å². The van der Waals surface area contributed by atoms with Crippen LogP contribution in [0, 0.1) is 11.8 Å². The Hall–Kier alpha value is 1.47. The van der Waals surface area contributed by atoms with Crippen LogP contribution in [0.5, 0.6) is 0 Å². The van der Waals surface area contributed by atoms with Crippen molar-refractivity contribution in [1.29, 1.82) is 0 Å². The highest BCUT2D eigenvalue weighted by Crippen LogP contribution is 2.41. The second-order valence-corrected chi connectivity index (χ2v) is 17.6. The highest BCUT2D eigenvalue weighted by atomic mass is 127. The van der Waals surface area contributed by atoms with Gasteiger partial charge in [-0.3, -0.25) is 0 Å². The predicted octanol–water partition coefficient (Wildman–Crippen LogP) is 6.47. The summed E-state index contributed by atoms with van der Waals surface area (Å²) in [6.45, 7) is 19.1. The van der Waals surface area contributed by atoms with Crippen LogP contribution >= 0.6 is 39.1 Å². The zero-order valence-corrected chi connectivity index (χ0v) is 20.7. The van der Waals surface area contributed by atoms with Gasteiger partial charge in [-0.25, -0.2) is 0 Å². The van der Waals surface area contributed by atoms with E-state index in [2.05, 4.69) is 96.1 Å². The van der Waals surface area contributed by atoms with E-state index in [1.807, 2.05) is 0 Å². The monoisotopic (exact) mass is 476 g/mol. The molecule has 6 heteroatoms. The Kier molecular flexibility index (Phi) is 11.2. The van der Waals surface area contributed by atoms with Gasteiger partial charge in [0, 0.05) is 11.8 Å². The maximum absolute atomic E-state index is 6.74. The zero-order valence-electron chi connectivity index (χ0n) is 15.5. The molecule has 0 spiro atoms. The Morgan fingerprint density at radius 2 is 1.82 bits per heavy atom. The van der Waals surface area contributed by atoms with E-state index in [0.717, 1.165) is 13.0 Å². The number of ether oxygens (including phenoxy) is 1. The average Bonchev–Trinajstić information content (AvgIpc) is 2.34. The molecule has 0 saturated carbocycles. The summed E-state index contributed by atoms with van der Waals surface area (Å²) in [4.78, 5) is 0. The van der Waals surface area contributed by atoms with Crippen LogP contribution in [-0.2, 0) is 9.16 Å². The molecule has 2 nitrogen and oxygen atoms in total. The van der Waals surface area contributed by atoms with E-state index in [4.69, 9.17) is 9.16 Å². The van der Waals surface area contributed by atoms with Crippen molar-refractivity contribution in [3.63, 3.8) is 0 Å². The third kappa shape index (κ3) is 8.53. The fourth-order valence-electron chi connectivity index (χ4n) is 1.96. The maximum Gasteiger partial charge on any atom is 0.192 e. The van der Waals surface area contributed by atoms with Gasteiger partial charge in [-0.1, -0.05) is 70.9 Å². The molecule has 0 aliphatic carbocycles. The van der Waals surface area contributed by atoms with Gasteiger partial charge >= 0.3 is 0 Å². The highest BCUT2D eigenvalue weighted by Gasteiger charge is 2.41. The third-order valence-corrected chi connectivity index (χ3v) is 10.3. The molecule has 0 aromatic carbocycles. The molecule has 0 aromatic rings. The summed E-state index contributed by atoms with van der Waals surface area (Å²) in [6.07, 6.45) is 3.32. The first-order valence-corrected chi connectivity index (χ1v) is 15.6. The minimum atomic E-state index is -1.78. The van der Waals surface area contributed by atoms with Gasteiger partial charge in [-0.15, -0.1) is 8.93 Å². The Labute approximate surface area is 156 Å². The summed E-state index contributed by atoms with van der Waals surface area (Å²) in [5.41, 5.74) is 0. The largest absolute Gasteiger partial charge is 0.413 e. The van der Waals surface area contributed by atoms with E-state index in [9.17, 15) is 0 Å². The molecule has 5 atom stereocenters. The third-order valence-electron chi connectivity index (χ3n) is 4.37. The summed E-state index contributed by atoms with van der Waals surface area (Å²) in [6, 6.07) is 0. The molecule has 132 valence electrons. The van der Waals surface area contributed by atoms with Gasteiger partial charge in [0.1, 0.15) is 0 Å². The van der Waals surface area contributed by atoms with Crippen molar-refractivity contribution < 1.29 is 9.16 Å². The van der Waals surface area contributed by atoms with Crippen LogP contribution in [-0.4, -0.2) is 34.0 Å². The van der Waals surface area contributed by atoms with E-state index in [1.54, 1.807) is 0 Å². The first-order chi connectivity index (χ1) is 9.92. The van der Waals surface area contributed by atoms with Crippen molar-refractivity contribution in [2.75, 3.05) is 19.6 Å². The summed E-state index contributed by atoms with van der Waals surface area (Å²) < 4.78 is 14.7. The van der Waals surface area contributed by atoms with Crippen molar-refractivity contribution in [3.05, 3.63) is 10.2 Å². The van der Waals surface area contributed by atoms with Gasteiger partial charge in [0.25, 0.3) is 0 Å². The zero-order chi connectivity index (χ0) is 17.6. The predicted molar refractivity (Wildman–Crippen MR) is 117 cm³/mol. The second-order valence-electron chi connectivity index (χ2n) is 7.75. The first-order valence-electron chi connectivity index (χ1n) is 7.90. The molecule has 0 radical (unpaired) electrons. The van der Waals surface area contributed by atoms with Crippen molar-refractivity contribution in [2.45, 2.75) is 58.9 Å². The van der Waals surface area contributed by atoms with Crippen LogP contribution in [0.25, 0.3) is 0 Å². The molecule has 2 unspecified atom stereocenters. The van der Waals surface area contributed by atoms with Crippen LogP contribution in [0.3, 0.4) is 0 Å². The summed E-state index contributed by atoms with van der Waals surface area (Å²) in [5, 5.41) is 0.234. The lowest BCUT2D eigenvalue weighted by Crippen LogP contribution is -2.47. The fraction of sp³-hybridized carbons (Fsp3) is 0.875. The molecule has 0 N–H and O–H groups in total. The Morgan fingerprint density at radius 1 is 1.27 bits per heavy atom. The molecular weight excluding hydrogens is 441 g/mol. The SMILES string of the molecule is C[C@@H](/C=C\I)[C@@H](O[Si](C)(C)C(C)(C)C)[C@@H](C)COCP(C)P. The number of hydrogen-bond acceptors (Lipinski definition) is 2. The van der Waals surface area contributed by atoms with E-state index < -0.39 is 8.32 Å². The van der Waals surface area contributed by atoms with Gasteiger partial charge < -0.3 is 9.16 Å². The van der Waals surface area contributed by atoms with E-state index in [0.29, 0.717) is 11.8 Å². The maximum atomic E-state index is 6.74. The van der Waals surface area contributed by atoms with Crippen molar-refractivity contribution >= 4 is 47.4 Å². The molecule has 0 aliphatic heterocycles. The van der Waals surface area contributed by atoms with Crippen LogP contribution in [0.1, 0.15) is 34.6 Å². The standard InChI is InChI=1S/C16H35IO2P2Si/c1-13(9-10-17)15(14(2)11-18-12-21(6)20)19-22(7,8)16(3,4)5/h9-10,13-15H,11-12,20H2,1-8H3/b10-9-/t13-,14-,15+,21?/m0/s1. The number of hydrogen-bond donors (Lipinski definition) is 0. The van der Waals surface area contributed by atoms with Crippen LogP contribution < -0.4 is 0 Å². The van der Waals surface area contributed by atoms with Crippen LogP contribution in [0.15, 0.2) is 10.2 Å². The molecule has 0 saturated heterocycles. The summed E-state index contributed by atoms with van der Waals surface area (Å²) in [5.74, 6) is 0.806. The van der Waals surface area contributed by atoms with Crippen molar-refractivity contribution in [2.24, 2.45) is 11.8 Å². The number of halogens is 1. The smallest absolute Gasteiger partial charge is 0.192 e. The lowest BCUT2D eigenvalue weighted by atomic mass is 9.94. The van der Waals surface area contributed by atoms with E-state index >= 15 is 0 Å². The molecule has 0 bridgehead atoms. The highest BCUT2D eigenvalue weighted by molar-refractivity contribution is 14.1. The first kappa shape index (κ1) is 23.5. The van der Waals surface area contributed by atoms with Gasteiger partial charge in [0.2, 0.25) is 0 Å². The lowest BCUT2D eigenvalue weighted by Gasteiger charge is -2.42. The Balaban J connectivity index is 4.97. The van der Waals surface area contributed by atoms with Crippen LogP contribution in [0.2, 0.25) is 18.1 Å². The van der Waals surface area contributed by atoms with Gasteiger partial charge in [-0.05, 0) is 28.9 Å². The minimum Gasteiger partial charge on any atom is -0.413 e. The molecular formula is C16H35IO2P2Si. The summed E-state index contributed by atoms with van der Waals surface area (Å²) >= 11 is 2.29.